The van der Waals surface area contributed by atoms with Gasteiger partial charge in [-0.3, -0.25) is 9.36 Å². The molecule has 0 saturated carbocycles. The van der Waals surface area contributed by atoms with E-state index in [2.05, 4.69) is 15.2 Å². The van der Waals surface area contributed by atoms with Gasteiger partial charge < -0.3 is 4.74 Å². The van der Waals surface area contributed by atoms with Crippen molar-refractivity contribution in [2.24, 2.45) is 14.1 Å². The highest BCUT2D eigenvalue weighted by molar-refractivity contribution is 5.11. The maximum absolute atomic E-state index is 5.45. The van der Waals surface area contributed by atoms with E-state index in [0.717, 1.165) is 11.6 Å². The molecule has 2 heterocycles. The molecule has 0 aliphatic heterocycles. The van der Waals surface area contributed by atoms with Crippen LogP contribution in [0.25, 0.3) is 0 Å². The fourth-order valence-corrected chi connectivity index (χ4v) is 1.07. The second-order valence-corrected chi connectivity index (χ2v) is 2.94. The summed E-state index contributed by atoms with van der Waals surface area (Å²) >= 11 is 0. The van der Waals surface area contributed by atoms with Crippen molar-refractivity contribution >= 4 is 0 Å². The predicted molar refractivity (Wildman–Crippen MR) is 48.5 cm³/mol. The first-order chi connectivity index (χ1) is 6.75. The number of ether oxygens (including phenoxy) is 1. The van der Waals surface area contributed by atoms with Gasteiger partial charge in [-0.05, 0) is 0 Å². The van der Waals surface area contributed by atoms with Gasteiger partial charge in [0, 0.05) is 14.1 Å². The van der Waals surface area contributed by atoms with Crippen molar-refractivity contribution in [1.29, 1.82) is 0 Å². The molecule has 0 aromatic carbocycles. The predicted octanol–water partition coefficient (Wildman–Crippen LogP) is 0.128. The van der Waals surface area contributed by atoms with Crippen LogP contribution in [0.4, 0.5) is 0 Å². The van der Waals surface area contributed by atoms with Gasteiger partial charge in [-0.1, -0.05) is 0 Å². The quantitative estimate of drug-likeness (QED) is 0.695. The molecular weight excluding hydrogens is 182 g/mol. The summed E-state index contributed by atoms with van der Waals surface area (Å²) in [4.78, 5) is 4.04. The molecule has 2 aromatic heterocycles. The Hall–Kier alpha value is -1.85. The molecule has 0 bridgehead atoms. The number of rotatable bonds is 3. The SMILES string of the molecule is Cn1cc(OCc2ncnn2C)cn1. The summed E-state index contributed by atoms with van der Waals surface area (Å²) in [5.41, 5.74) is 0. The Balaban J connectivity index is 1.98. The average molecular weight is 193 g/mol. The van der Waals surface area contributed by atoms with Crippen LogP contribution in [0.3, 0.4) is 0 Å². The second kappa shape index (κ2) is 3.49. The summed E-state index contributed by atoms with van der Waals surface area (Å²) in [5.74, 6) is 1.52. The van der Waals surface area contributed by atoms with Gasteiger partial charge in [0.15, 0.2) is 11.6 Å². The molecule has 0 fully saturated rings. The highest BCUT2D eigenvalue weighted by Gasteiger charge is 2.02. The van der Waals surface area contributed by atoms with Crippen LogP contribution in [0.1, 0.15) is 5.82 Å². The fraction of sp³-hybridized carbons (Fsp3) is 0.375. The van der Waals surface area contributed by atoms with Crippen molar-refractivity contribution in [3.05, 3.63) is 24.5 Å². The van der Waals surface area contributed by atoms with Crippen LogP contribution >= 0.6 is 0 Å². The monoisotopic (exact) mass is 193 g/mol. The molecule has 0 unspecified atom stereocenters. The van der Waals surface area contributed by atoms with Crippen molar-refractivity contribution in [3.8, 4) is 5.75 Å². The zero-order valence-electron chi connectivity index (χ0n) is 8.08. The molecule has 0 radical (unpaired) electrons. The minimum atomic E-state index is 0.405. The molecule has 0 aliphatic rings. The minimum Gasteiger partial charge on any atom is -0.482 e. The third kappa shape index (κ3) is 1.73. The Bertz CT molecular complexity index is 419. The number of aromatic nitrogens is 5. The van der Waals surface area contributed by atoms with Gasteiger partial charge in [0.1, 0.15) is 12.9 Å². The first-order valence-electron chi connectivity index (χ1n) is 4.20. The van der Waals surface area contributed by atoms with Gasteiger partial charge in [0.05, 0.1) is 12.4 Å². The molecule has 0 atom stereocenters. The zero-order chi connectivity index (χ0) is 9.97. The summed E-state index contributed by atoms with van der Waals surface area (Å²) in [6.07, 6.45) is 4.97. The Labute approximate surface area is 81.1 Å². The molecule has 14 heavy (non-hydrogen) atoms. The number of hydrogen-bond donors (Lipinski definition) is 0. The van der Waals surface area contributed by atoms with E-state index in [1.54, 1.807) is 21.8 Å². The van der Waals surface area contributed by atoms with Crippen molar-refractivity contribution in [1.82, 2.24) is 24.5 Å². The van der Waals surface area contributed by atoms with E-state index in [9.17, 15) is 0 Å². The van der Waals surface area contributed by atoms with Crippen LogP contribution in [0.5, 0.6) is 5.75 Å². The van der Waals surface area contributed by atoms with Crippen LogP contribution in [-0.4, -0.2) is 24.5 Å². The highest BCUT2D eigenvalue weighted by Crippen LogP contribution is 2.08. The third-order valence-electron chi connectivity index (χ3n) is 1.85. The molecule has 0 N–H and O–H groups in total. The average Bonchev–Trinajstić information content (AvgIpc) is 2.72. The van der Waals surface area contributed by atoms with Crippen LogP contribution in [0.2, 0.25) is 0 Å². The molecule has 6 heteroatoms. The van der Waals surface area contributed by atoms with Gasteiger partial charge in [-0.2, -0.15) is 10.2 Å². The third-order valence-corrected chi connectivity index (χ3v) is 1.85. The minimum absolute atomic E-state index is 0.405. The number of aryl methyl sites for hydroxylation is 2. The molecule has 2 aromatic rings. The molecule has 6 nitrogen and oxygen atoms in total. The topological polar surface area (TPSA) is 57.8 Å². The van der Waals surface area contributed by atoms with E-state index < -0.39 is 0 Å². The second-order valence-electron chi connectivity index (χ2n) is 2.94. The first-order valence-corrected chi connectivity index (χ1v) is 4.20. The number of nitrogens with zero attached hydrogens (tertiary/aromatic N) is 5. The van der Waals surface area contributed by atoms with E-state index in [4.69, 9.17) is 4.74 Å². The highest BCUT2D eigenvalue weighted by atomic mass is 16.5. The van der Waals surface area contributed by atoms with E-state index in [1.165, 1.54) is 6.33 Å². The lowest BCUT2D eigenvalue weighted by Gasteiger charge is -2.01. The molecule has 0 aliphatic carbocycles. The van der Waals surface area contributed by atoms with Gasteiger partial charge >= 0.3 is 0 Å². The van der Waals surface area contributed by atoms with Gasteiger partial charge in [-0.15, -0.1) is 0 Å². The Morgan fingerprint density at radius 1 is 1.36 bits per heavy atom. The molecule has 0 amide bonds. The molecule has 74 valence electrons. The lowest BCUT2D eigenvalue weighted by atomic mass is 10.6. The summed E-state index contributed by atoms with van der Waals surface area (Å²) < 4.78 is 8.81. The summed E-state index contributed by atoms with van der Waals surface area (Å²) in [6.45, 7) is 0.405. The van der Waals surface area contributed by atoms with Crippen LogP contribution in [0, 0.1) is 0 Å². The van der Waals surface area contributed by atoms with E-state index in [1.807, 2.05) is 14.1 Å². The normalized spacial score (nSPS) is 10.4. The first kappa shape index (κ1) is 8.74. The maximum Gasteiger partial charge on any atom is 0.164 e. The Morgan fingerprint density at radius 3 is 2.79 bits per heavy atom. The fourth-order valence-electron chi connectivity index (χ4n) is 1.07. The summed E-state index contributed by atoms with van der Waals surface area (Å²) in [5, 5.41) is 7.93. The maximum atomic E-state index is 5.45. The summed E-state index contributed by atoms with van der Waals surface area (Å²) in [6, 6.07) is 0. The molecule has 0 saturated heterocycles. The van der Waals surface area contributed by atoms with E-state index in [-0.39, 0.29) is 0 Å². The zero-order valence-corrected chi connectivity index (χ0v) is 8.08. The largest absolute Gasteiger partial charge is 0.482 e. The standard InChI is InChI=1S/C8H11N5O/c1-12-4-7(3-10-12)14-5-8-9-6-11-13(8)2/h3-4,6H,5H2,1-2H3. The lowest BCUT2D eigenvalue weighted by molar-refractivity contribution is 0.289. The van der Waals surface area contributed by atoms with Crippen molar-refractivity contribution in [2.75, 3.05) is 0 Å². The van der Waals surface area contributed by atoms with Crippen molar-refractivity contribution in [3.63, 3.8) is 0 Å². The molecule has 2 rings (SSSR count). The van der Waals surface area contributed by atoms with E-state index in [0.29, 0.717) is 6.61 Å². The lowest BCUT2D eigenvalue weighted by Crippen LogP contribution is -2.04. The Kier molecular flexibility index (Phi) is 2.18. The van der Waals surface area contributed by atoms with Gasteiger partial charge in [-0.25, -0.2) is 4.98 Å². The van der Waals surface area contributed by atoms with E-state index >= 15 is 0 Å². The van der Waals surface area contributed by atoms with Crippen LogP contribution in [0.15, 0.2) is 18.7 Å². The van der Waals surface area contributed by atoms with Crippen molar-refractivity contribution in [2.45, 2.75) is 6.61 Å². The van der Waals surface area contributed by atoms with Crippen LogP contribution in [-0.2, 0) is 20.7 Å². The smallest absolute Gasteiger partial charge is 0.164 e. The molecule has 0 spiro atoms. The molecular formula is C8H11N5O. The van der Waals surface area contributed by atoms with Crippen molar-refractivity contribution < 1.29 is 4.74 Å². The number of hydrogen-bond acceptors (Lipinski definition) is 4. The Morgan fingerprint density at radius 2 is 2.21 bits per heavy atom. The summed E-state index contributed by atoms with van der Waals surface area (Å²) in [7, 11) is 3.67. The van der Waals surface area contributed by atoms with Gasteiger partial charge in [0.2, 0.25) is 0 Å². The van der Waals surface area contributed by atoms with Crippen LogP contribution < -0.4 is 4.74 Å². The van der Waals surface area contributed by atoms with Gasteiger partial charge in [0.25, 0.3) is 0 Å².